The molecule has 4 rings (SSSR count). The number of hydrogen-bond donors (Lipinski definition) is 1. The number of ketones is 1. The number of carbonyl (C=O) groups excluding carboxylic acids is 2. The zero-order valence-corrected chi connectivity index (χ0v) is 22.9. The number of aliphatic hydroxyl groups is 1. The molecule has 1 N–H and O–H groups in total. The van der Waals surface area contributed by atoms with E-state index in [9.17, 15) is 14.7 Å². The Kier molecular flexibility index (Phi) is 7.36. The van der Waals surface area contributed by atoms with Crippen molar-refractivity contribution in [3.05, 3.63) is 98.5 Å². The molecule has 0 aliphatic carbocycles. The van der Waals surface area contributed by atoms with E-state index < -0.39 is 17.7 Å². The zero-order valence-electron chi connectivity index (χ0n) is 21.3. The predicted octanol–water partition coefficient (Wildman–Crippen LogP) is 6.85. The van der Waals surface area contributed by atoms with Crippen molar-refractivity contribution < 1.29 is 14.7 Å². The maximum Gasteiger partial charge on any atom is 0.300 e. The van der Waals surface area contributed by atoms with Crippen LogP contribution in [0.5, 0.6) is 0 Å². The van der Waals surface area contributed by atoms with Crippen LogP contribution >= 0.6 is 15.9 Å². The number of carbonyl (C=O) groups is 2. The van der Waals surface area contributed by atoms with Gasteiger partial charge in [-0.05, 0) is 93.3 Å². The minimum atomic E-state index is -0.749. The summed E-state index contributed by atoms with van der Waals surface area (Å²) in [5.41, 5.74) is 5.96. The van der Waals surface area contributed by atoms with Crippen LogP contribution in [0.2, 0.25) is 0 Å². The van der Waals surface area contributed by atoms with Crippen molar-refractivity contribution in [3.8, 4) is 0 Å². The van der Waals surface area contributed by atoms with Crippen LogP contribution in [-0.4, -0.2) is 29.9 Å². The molecule has 1 amide bonds. The van der Waals surface area contributed by atoms with Gasteiger partial charge in [-0.2, -0.15) is 0 Å². The fraction of sp³-hybridized carbons (Fsp3) is 0.267. The lowest BCUT2D eigenvalue weighted by molar-refractivity contribution is -0.132. The third kappa shape index (κ3) is 4.70. The van der Waals surface area contributed by atoms with Gasteiger partial charge < -0.3 is 10.0 Å². The zero-order chi connectivity index (χ0) is 26.1. The molecule has 1 aliphatic heterocycles. The highest BCUT2D eigenvalue weighted by atomic mass is 79.9. The van der Waals surface area contributed by atoms with E-state index in [2.05, 4.69) is 34.7 Å². The van der Waals surface area contributed by atoms with Gasteiger partial charge in [0.25, 0.3) is 11.7 Å². The first-order valence-electron chi connectivity index (χ1n) is 12.2. The number of benzene rings is 3. The van der Waals surface area contributed by atoms with E-state index in [0.29, 0.717) is 11.3 Å². The summed E-state index contributed by atoms with van der Waals surface area (Å²) in [6.07, 6.45) is 0. The van der Waals surface area contributed by atoms with Crippen LogP contribution in [-0.2, 0) is 9.59 Å². The van der Waals surface area contributed by atoms with Gasteiger partial charge in [-0.3, -0.25) is 14.5 Å². The molecule has 1 fully saturated rings. The third-order valence-electron chi connectivity index (χ3n) is 6.70. The number of aryl methyl sites for hydroxylation is 3. The van der Waals surface area contributed by atoms with Crippen molar-refractivity contribution in [1.82, 2.24) is 0 Å². The van der Waals surface area contributed by atoms with Crippen molar-refractivity contribution in [2.75, 3.05) is 22.9 Å². The van der Waals surface area contributed by atoms with E-state index in [4.69, 9.17) is 0 Å². The monoisotopic (exact) mass is 546 g/mol. The number of nitrogens with zero attached hydrogens (tertiary/aromatic N) is 2. The molecule has 186 valence electrons. The Morgan fingerprint density at radius 3 is 2.08 bits per heavy atom. The van der Waals surface area contributed by atoms with Crippen LogP contribution < -0.4 is 9.80 Å². The summed E-state index contributed by atoms with van der Waals surface area (Å²) in [5.74, 6) is -1.51. The first-order valence-corrected chi connectivity index (χ1v) is 13.0. The molecule has 3 aromatic carbocycles. The lowest BCUT2D eigenvalue weighted by atomic mass is 9.94. The minimum absolute atomic E-state index is 0.0940. The molecule has 1 atom stereocenters. The SMILES string of the molecule is CCN(CC)c1ccc(C2/C(=C(/O)c3ccc(Br)c(C)c3)C(=O)C(=O)N2c2cc(C)cc(C)c2)cc1. The second-order valence-corrected chi connectivity index (χ2v) is 10.1. The summed E-state index contributed by atoms with van der Waals surface area (Å²) < 4.78 is 0.901. The van der Waals surface area contributed by atoms with Crippen molar-refractivity contribution >= 4 is 44.8 Å². The highest BCUT2D eigenvalue weighted by Gasteiger charge is 2.47. The average molecular weight is 547 g/mol. The molecule has 0 saturated carbocycles. The van der Waals surface area contributed by atoms with Crippen LogP contribution in [0.15, 0.2) is 70.7 Å². The molecule has 0 bridgehead atoms. The van der Waals surface area contributed by atoms with Gasteiger partial charge in [0.05, 0.1) is 11.6 Å². The molecule has 0 radical (unpaired) electrons. The largest absolute Gasteiger partial charge is 0.507 e. The smallest absolute Gasteiger partial charge is 0.300 e. The van der Waals surface area contributed by atoms with E-state index in [1.165, 1.54) is 4.90 Å². The summed E-state index contributed by atoms with van der Waals surface area (Å²) in [5, 5.41) is 11.4. The highest BCUT2D eigenvalue weighted by Crippen LogP contribution is 2.43. The minimum Gasteiger partial charge on any atom is -0.507 e. The Balaban J connectivity index is 1.93. The molecular formula is C30H31BrN2O3. The first kappa shape index (κ1) is 25.7. The standard InChI is InChI=1S/C30H31BrN2O3/c1-6-32(7-2)23-11-8-21(9-12-23)27-26(28(34)22-10-13-25(31)20(5)17-22)29(35)30(36)33(27)24-15-18(3)14-19(4)16-24/h8-17,27,34H,6-7H2,1-5H3/b28-26-. The second-order valence-electron chi connectivity index (χ2n) is 9.24. The molecule has 1 heterocycles. The lowest BCUT2D eigenvalue weighted by Gasteiger charge is -2.27. The van der Waals surface area contributed by atoms with Gasteiger partial charge in [-0.15, -0.1) is 0 Å². The lowest BCUT2D eigenvalue weighted by Crippen LogP contribution is -2.29. The maximum atomic E-state index is 13.5. The summed E-state index contributed by atoms with van der Waals surface area (Å²) in [6, 6.07) is 18.4. The fourth-order valence-corrected chi connectivity index (χ4v) is 5.15. The normalized spacial score (nSPS) is 17.1. The Labute approximate surface area is 221 Å². The van der Waals surface area contributed by atoms with Crippen molar-refractivity contribution in [1.29, 1.82) is 0 Å². The molecule has 0 spiro atoms. The Morgan fingerprint density at radius 2 is 1.53 bits per heavy atom. The molecular weight excluding hydrogens is 516 g/mol. The number of aliphatic hydroxyl groups excluding tert-OH is 1. The molecule has 1 aliphatic rings. The molecule has 6 heteroatoms. The number of hydrogen-bond acceptors (Lipinski definition) is 4. The average Bonchev–Trinajstić information content (AvgIpc) is 3.11. The Hall–Kier alpha value is -3.38. The maximum absolute atomic E-state index is 13.5. The van der Waals surface area contributed by atoms with E-state index >= 15 is 0 Å². The van der Waals surface area contributed by atoms with Gasteiger partial charge in [-0.25, -0.2) is 0 Å². The van der Waals surface area contributed by atoms with E-state index in [1.54, 1.807) is 6.07 Å². The highest BCUT2D eigenvalue weighted by molar-refractivity contribution is 9.10. The second kappa shape index (κ2) is 10.3. The van der Waals surface area contributed by atoms with Gasteiger partial charge in [-0.1, -0.05) is 40.2 Å². The van der Waals surface area contributed by atoms with E-state index in [1.807, 2.05) is 75.4 Å². The number of rotatable bonds is 6. The summed E-state index contributed by atoms with van der Waals surface area (Å²) in [4.78, 5) is 30.7. The van der Waals surface area contributed by atoms with Crippen LogP contribution in [0.4, 0.5) is 11.4 Å². The molecule has 1 unspecified atom stereocenters. The molecule has 1 saturated heterocycles. The third-order valence-corrected chi connectivity index (χ3v) is 7.59. The summed E-state index contributed by atoms with van der Waals surface area (Å²) in [6.45, 7) is 11.8. The number of halogens is 1. The van der Waals surface area contributed by atoms with Crippen LogP contribution in [0, 0.1) is 20.8 Å². The molecule has 3 aromatic rings. The quantitative estimate of drug-likeness (QED) is 0.208. The number of anilines is 2. The Bertz CT molecular complexity index is 1340. The molecule has 5 nitrogen and oxygen atoms in total. The topological polar surface area (TPSA) is 60.9 Å². The van der Waals surface area contributed by atoms with E-state index in [-0.39, 0.29) is 11.3 Å². The van der Waals surface area contributed by atoms with Gasteiger partial charge in [0.15, 0.2) is 0 Å². The summed E-state index contributed by atoms with van der Waals surface area (Å²) >= 11 is 3.48. The summed E-state index contributed by atoms with van der Waals surface area (Å²) in [7, 11) is 0. The van der Waals surface area contributed by atoms with Gasteiger partial charge >= 0.3 is 0 Å². The van der Waals surface area contributed by atoms with Crippen LogP contribution in [0.1, 0.15) is 47.7 Å². The molecule has 0 aromatic heterocycles. The predicted molar refractivity (Wildman–Crippen MR) is 150 cm³/mol. The van der Waals surface area contributed by atoms with Crippen LogP contribution in [0.3, 0.4) is 0 Å². The van der Waals surface area contributed by atoms with Crippen molar-refractivity contribution in [3.63, 3.8) is 0 Å². The van der Waals surface area contributed by atoms with Crippen molar-refractivity contribution in [2.45, 2.75) is 40.7 Å². The number of Topliss-reactive ketones (excluding diaryl/α,β-unsaturated/α-hetero) is 1. The molecule has 36 heavy (non-hydrogen) atoms. The van der Waals surface area contributed by atoms with Gasteiger partial charge in [0.1, 0.15) is 5.76 Å². The van der Waals surface area contributed by atoms with Gasteiger partial charge in [0, 0.05) is 34.5 Å². The first-order chi connectivity index (χ1) is 17.2. The number of amides is 1. The fourth-order valence-electron chi connectivity index (χ4n) is 4.91. The van der Waals surface area contributed by atoms with Crippen molar-refractivity contribution in [2.24, 2.45) is 0 Å². The van der Waals surface area contributed by atoms with Crippen LogP contribution in [0.25, 0.3) is 5.76 Å². The van der Waals surface area contributed by atoms with Gasteiger partial charge in [0.2, 0.25) is 0 Å². The Morgan fingerprint density at radius 1 is 0.917 bits per heavy atom. The van der Waals surface area contributed by atoms with E-state index in [0.717, 1.165) is 45.5 Å².